The highest BCUT2D eigenvalue weighted by atomic mass is 19.3. The van der Waals surface area contributed by atoms with Crippen LogP contribution in [0.25, 0.3) is 11.3 Å². The van der Waals surface area contributed by atoms with E-state index in [0.717, 1.165) is 35.0 Å². The molecule has 3 aromatic rings. The second-order valence-corrected chi connectivity index (χ2v) is 6.26. The smallest absolute Gasteiger partial charge is 0.309 e. The minimum absolute atomic E-state index is 0.274. The number of aromatic nitrogens is 2. The average Bonchev–Trinajstić information content (AvgIpc) is 3.03. The van der Waals surface area contributed by atoms with E-state index in [1.807, 2.05) is 0 Å². The van der Waals surface area contributed by atoms with E-state index in [1.165, 1.54) is 7.05 Å². The Hall–Kier alpha value is -3.56. The van der Waals surface area contributed by atoms with Gasteiger partial charge in [0.2, 0.25) is 0 Å². The van der Waals surface area contributed by atoms with Crippen molar-refractivity contribution in [3.63, 3.8) is 0 Å². The molecule has 2 aromatic carbocycles. The topological polar surface area (TPSA) is 46.9 Å². The summed E-state index contributed by atoms with van der Waals surface area (Å²) in [5.41, 5.74) is -2.57. The van der Waals surface area contributed by atoms with E-state index >= 15 is 0 Å². The number of amides is 1. The Morgan fingerprint density at radius 1 is 1.07 bits per heavy atom. The normalized spacial score (nSPS) is 11.4. The molecule has 3 rings (SSSR count). The predicted molar refractivity (Wildman–Crippen MR) is 97.0 cm³/mol. The minimum atomic E-state index is -3.50. The van der Waals surface area contributed by atoms with Crippen molar-refractivity contribution in [1.82, 2.24) is 9.78 Å². The first kappa shape index (κ1) is 21.2. The Labute approximate surface area is 166 Å². The number of alkyl halides is 2. The minimum Gasteiger partial charge on any atom is -0.322 e. The van der Waals surface area contributed by atoms with Crippen LogP contribution in [-0.4, -0.2) is 15.7 Å². The molecule has 0 aliphatic heterocycles. The van der Waals surface area contributed by atoms with Gasteiger partial charge in [0.05, 0.1) is 16.8 Å². The Bertz CT molecular complexity index is 1130. The molecule has 0 unspecified atom stereocenters. The number of benzene rings is 2. The van der Waals surface area contributed by atoms with Crippen molar-refractivity contribution in [3.05, 3.63) is 83.6 Å². The number of anilines is 1. The lowest BCUT2D eigenvalue weighted by molar-refractivity contribution is 0.0470. The van der Waals surface area contributed by atoms with E-state index in [9.17, 15) is 31.1 Å². The van der Waals surface area contributed by atoms with Crippen LogP contribution >= 0.6 is 0 Å². The molecule has 0 fully saturated rings. The predicted octanol–water partition coefficient (Wildman–Crippen LogP) is 5.17. The molecule has 0 saturated carbocycles. The van der Waals surface area contributed by atoms with Crippen LogP contribution in [0.1, 0.15) is 16.1 Å². The molecular weight excluding hydrogens is 412 g/mol. The molecule has 4 nitrogen and oxygen atoms in total. The number of nitrogens with zero attached hydrogens (tertiary/aromatic N) is 2. The van der Waals surface area contributed by atoms with Gasteiger partial charge < -0.3 is 5.32 Å². The van der Waals surface area contributed by atoms with Gasteiger partial charge >= 0.3 is 5.92 Å². The van der Waals surface area contributed by atoms with Crippen molar-refractivity contribution in [2.45, 2.75) is 5.92 Å². The molecule has 0 aliphatic rings. The number of halogens is 6. The number of hydrogen-bond donors (Lipinski definition) is 1. The summed E-state index contributed by atoms with van der Waals surface area (Å²) in [5.74, 6) is -8.98. The number of aryl methyl sites for hydroxylation is 1. The van der Waals surface area contributed by atoms with Gasteiger partial charge in [0.15, 0.2) is 0 Å². The molecule has 1 heterocycles. The van der Waals surface area contributed by atoms with Gasteiger partial charge in [-0.25, -0.2) is 17.6 Å². The van der Waals surface area contributed by atoms with Crippen LogP contribution in [0, 0.1) is 23.3 Å². The largest absolute Gasteiger partial charge is 0.322 e. The second kappa shape index (κ2) is 7.69. The Morgan fingerprint density at radius 2 is 1.70 bits per heavy atom. The van der Waals surface area contributed by atoms with Crippen LogP contribution in [-0.2, 0) is 13.0 Å². The maximum Gasteiger partial charge on any atom is 0.309 e. The zero-order valence-electron chi connectivity index (χ0n) is 15.3. The second-order valence-electron chi connectivity index (χ2n) is 6.26. The molecule has 0 saturated heterocycles. The van der Waals surface area contributed by atoms with Crippen molar-refractivity contribution in [2.24, 2.45) is 7.05 Å². The zero-order valence-corrected chi connectivity index (χ0v) is 15.3. The Morgan fingerprint density at radius 3 is 2.27 bits per heavy atom. The first-order valence-corrected chi connectivity index (χ1v) is 8.35. The molecule has 1 amide bonds. The van der Waals surface area contributed by atoms with E-state index in [4.69, 9.17) is 0 Å². The van der Waals surface area contributed by atoms with Gasteiger partial charge in [0.25, 0.3) is 5.91 Å². The summed E-state index contributed by atoms with van der Waals surface area (Å²) >= 11 is 0. The lowest BCUT2D eigenvalue weighted by atomic mass is 10.1. The first-order chi connectivity index (χ1) is 14.0. The highest BCUT2D eigenvalue weighted by molar-refractivity contribution is 6.04. The lowest BCUT2D eigenvalue weighted by Gasteiger charge is -2.10. The molecule has 0 spiro atoms. The highest BCUT2D eigenvalue weighted by Crippen LogP contribution is 2.34. The van der Waals surface area contributed by atoms with Gasteiger partial charge in [-0.1, -0.05) is 6.58 Å². The maximum atomic E-state index is 14.6. The van der Waals surface area contributed by atoms with Gasteiger partial charge in [-0.2, -0.15) is 13.9 Å². The fourth-order valence-corrected chi connectivity index (χ4v) is 2.73. The van der Waals surface area contributed by atoms with Crippen LogP contribution in [0.4, 0.5) is 32.0 Å². The summed E-state index contributed by atoms with van der Waals surface area (Å²) in [7, 11) is 1.23. The van der Waals surface area contributed by atoms with Crippen molar-refractivity contribution in [1.29, 1.82) is 0 Å². The van der Waals surface area contributed by atoms with Crippen LogP contribution in [0.3, 0.4) is 0 Å². The highest BCUT2D eigenvalue weighted by Gasteiger charge is 2.32. The molecule has 0 atom stereocenters. The van der Waals surface area contributed by atoms with Gasteiger partial charge in [-0.3, -0.25) is 9.48 Å². The average molecular weight is 425 g/mol. The van der Waals surface area contributed by atoms with E-state index in [1.54, 1.807) is 0 Å². The van der Waals surface area contributed by atoms with E-state index < -0.39 is 51.9 Å². The third-order valence-corrected chi connectivity index (χ3v) is 4.21. The van der Waals surface area contributed by atoms with Crippen molar-refractivity contribution >= 4 is 11.6 Å². The van der Waals surface area contributed by atoms with E-state index in [2.05, 4.69) is 17.0 Å². The van der Waals surface area contributed by atoms with Crippen LogP contribution < -0.4 is 5.32 Å². The first-order valence-electron chi connectivity index (χ1n) is 8.35. The summed E-state index contributed by atoms with van der Waals surface area (Å²) in [6.07, 6.45) is 0.346. The number of rotatable bonds is 5. The van der Waals surface area contributed by atoms with Crippen LogP contribution in [0.15, 0.2) is 49.1 Å². The molecule has 156 valence electrons. The Kier molecular flexibility index (Phi) is 5.43. The van der Waals surface area contributed by atoms with Gasteiger partial charge in [0, 0.05) is 18.8 Å². The van der Waals surface area contributed by atoms with Gasteiger partial charge in [-0.15, -0.1) is 0 Å². The standard InChI is InChI=1S/C20H13F6N3O/c1-3-20(25,26)17-9-16(29(2)28-17)18-14(23)7-11(8-15(18)24)27-19(30)12-5-4-10(21)6-13(12)22/h3-9H,1H2,2H3,(H,27,30). The fraction of sp³-hybridized carbons (Fsp3) is 0.100. The molecule has 10 heteroatoms. The monoisotopic (exact) mass is 425 g/mol. The van der Waals surface area contributed by atoms with Crippen molar-refractivity contribution < 1.29 is 31.1 Å². The molecule has 30 heavy (non-hydrogen) atoms. The summed E-state index contributed by atoms with van der Waals surface area (Å²) in [6.45, 7) is 3.00. The van der Waals surface area contributed by atoms with Crippen molar-refractivity contribution in [2.75, 3.05) is 5.32 Å². The maximum absolute atomic E-state index is 14.6. The Balaban J connectivity index is 1.95. The number of carbonyl (C=O) groups excluding carboxylic acids is 1. The van der Waals surface area contributed by atoms with Gasteiger partial charge in [0.1, 0.15) is 29.0 Å². The fourth-order valence-electron chi connectivity index (χ4n) is 2.73. The number of nitrogens with one attached hydrogen (secondary N) is 1. The molecular formula is C20H13F6N3O. The molecule has 1 aromatic heterocycles. The van der Waals surface area contributed by atoms with Crippen LogP contribution in [0.5, 0.6) is 0 Å². The summed E-state index contributed by atoms with van der Waals surface area (Å²) < 4.78 is 84.2. The third-order valence-electron chi connectivity index (χ3n) is 4.21. The summed E-state index contributed by atoms with van der Waals surface area (Å²) in [4.78, 5) is 12.1. The van der Waals surface area contributed by atoms with E-state index in [0.29, 0.717) is 12.1 Å². The summed E-state index contributed by atoms with van der Waals surface area (Å²) in [6, 6.07) is 4.49. The number of hydrogen-bond acceptors (Lipinski definition) is 2. The van der Waals surface area contributed by atoms with E-state index in [-0.39, 0.29) is 11.4 Å². The summed E-state index contributed by atoms with van der Waals surface area (Å²) in [5, 5.41) is 5.65. The molecule has 1 N–H and O–H groups in total. The third kappa shape index (κ3) is 3.93. The van der Waals surface area contributed by atoms with Crippen molar-refractivity contribution in [3.8, 4) is 11.3 Å². The lowest BCUT2D eigenvalue weighted by Crippen LogP contribution is -2.14. The molecule has 0 aliphatic carbocycles. The number of carbonyl (C=O) groups is 1. The SMILES string of the molecule is C=CC(F)(F)c1cc(-c2c(F)cc(NC(=O)c3ccc(F)cc3F)cc2F)n(C)n1. The quantitative estimate of drug-likeness (QED) is 0.453. The molecule has 0 radical (unpaired) electrons. The van der Waals surface area contributed by atoms with Gasteiger partial charge in [-0.05, 0) is 36.4 Å². The zero-order chi connectivity index (χ0) is 22.2. The molecule has 0 bridgehead atoms. The van der Waals surface area contributed by atoms with Crippen LogP contribution in [0.2, 0.25) is 0 Å². The number of allylic oxidation sites excluding steroid dienone is 1.